The van der Waals surface area contributed by atoms with Crippen molar-refractivity contribution in [3.63, 3.8) is 0 Å². The number of nitriles is 2. The Kier molecular flexibility index (Phi) is 6.36. The van der Waals surface area contributed by atoms with Gasteiger partial charge in [-0.25, -0.2) is 0 Å². The van der Waals surface area contributed by atoms with Crippen LogP contribution in [0.15, 0.2) is 48.5 Å². The van der Waals surface area contributed by atoms with Crippen molar-refractivity contribution < 1.29 is 9.53 Å². The second-order valence-electron chi connectivity index (χ2n) is 6.26. The summed E-state index contributed by atoms with van der Waals surface area (Å²) in [5, 5.41) is 17.7. The number of ether oxygens (including phenoxy) is 1. The number of rotatable bonds is 6. The third-order valence-corrected chi connectivity index (χ3v) is 3.99. The molecule has 0 aliphatic heterocycles. The van der Waals surface area contributed by atoms with E-state index in [2.05, 4.69) is 6.07 Å². The zero-order valence-electron chi connectivity index (χ0n) is 15.1. The van der Waals surface area contributed by atoms with E-state index in [9.17, 15) is 4.79 Å². The molecule has 2 aromatic carbocycles. The van der Waals surface area contributed by atoms with E-state index in [4.69, 9.17) is 15.3 Å². The van der Waals surface area contributed by atoms with Gasteiger partial charge in [0.25, 0.3) is 5.91 Å². The van der Waals surface area contributed by atoms with Gasteiger partial charge >= 0.3 is 0 Å². The van der Waals surface area contributed by atoms with Gasteiger partial charge in [-0.05, 0) is 62.7 Å². The van der Waals surface area contributed by atoms with Gasteiger partial charge in [-0.1, -0.05) is 12.1 Å². The fourth-order valence-electron chi connectivity index (χ4n) is 2.49. The Morgan fingerprint density at radius 1 is 0.962 bits per heavy atom. The first-order valence-electron chi connectivity index (χ1n) is 8.41. The molecule has 26 heavy (non-hydrogen) atoms. The number of carbonyl (C=O) groups is 1. The summed E-state index contributed by atoms with van der Waals surface area (Å²) in [6, 6.07) is 18.0. The fraction of sp³-hybridized carbons (Fsp3) is 0.286. The SMILES string of the molecule is CC(Oc1ccc(C#N)cc1)C(=O)N(Cc1ccc(C#N)cc1)C(C)C. The fourth-order valence-corrected chi connectivity index (χ4v) is 2.49. The molecule has 0 saturated carbocycles. The van der Waals surface area contributed by atoms with Crippen molar-refractivity contribution in [1.29, 1.82) is 10.5 Å². The first-order chi connectivity index (χ1) is 12.4. The topological polar surface area (TPSA) is 77.1 Å². The maximum absolute atomic E-state index is 12.8. The van der Waals surface area contributed by atoms with Gasteiger partial charge in [-0.2, -0.15) is 10.5 Å². The molecule has 2 rings (SSSR count). The lowest BCUT2D eigenvalue weighted by molar-refractivity contribution is -0.140. The van der Waals surface area contributed by atoms with E-state index in [1.165, 1.54) is 0 Å². The van der Waals surface area contributed by atoms with Gasteiger partial charge in [0.15, 0.2) is 6.10 Å². The van der Waals surface area contributed by atoms with E-state index in [1.807, 2.05) is 32.0 Å². The van der Waals surface area contributed by atoms with E-state index in [-0.39, 0.29) is 11.9 Å². The summed E-state index contributed by atoms with van der Waals surface area (Å²) in [5.41, 5.74) is 2.09. The zero-order valence-corrected chi connectivity index (χ0v) is 15.1. The van der Waals surface area contributed by atoms with Gasteiger partial charge in [-0.3, -0.25) is 4.79 Å². The molecule has 0 heterocycles. The Bertz CT molecular complexity index is 828. The van der Waals surface area contributed by atoms with Crippen LogP contribution >= 0.6 is 0 Å². The minimum Gasteiger partial charge on any atom is -0.481 e. The number of hydrogen-bond acceptors (Lipinski definition) is 4. The monoisotopic (exact) mass is 347 g/mol. The standard InChI is InChI=1S/C21H21N3O2/c1-15(2)24(14-19-6-4-17(12-22)5-7-19)21(25)16(3)26-20-10-8-18(13-23)9-11-20/h4-11,15-16H,14H2,1-3H3. The van der Waals surface area contributed by atoms with Crippen LogP contribution in [0.1, 0.15) is 37.5 Å². The van der Waals surface area contributed by atoms with E-state index in [0.717, 1.165) is 5.56 Å². The molecule has 0 N–H and O–H groups in total. The average Bonchev–Trinajstić information content (AvgIpc) is 2.66. The predicted molar refractivity (Wildman–Crippen MR) is 98.1 cm³/mol. The number of hydrogen-bond donors (Lipinski definition) is 0. The first kappa shape index (κ1) is 19.0. The van der Waals surface area contributed by atoms with Crippen LogP contribution in [0.3, 0.4) is 0 Å². The second-order valence-corrected chi connectivity index (χ2v) is 6.26. The van der Waals surface area contributed by atoms with Gasteiger partial charge < -0.3 is 9.64 Å². The molecular formula is C21H21N3O2. The van der Waals surface area contributed by atoms with Crippen LogP contribution in [-0.2, 0) is 11.3 Å². The van der Waals surface area contributed by atoms with Crippen LogP contribution in [0, 0.1) is 22.7 Å². The van der Waals surface area contributed by atoms with Crippen LogP contribution < -0.4 is 4.74 Å². The molecule has 132 valence electrons. The minimum atomic E-state index is -0.649. The predicted octanol–water partition coefficient (Wildman–Crippen LogP) is 3.63. The molecule has 1 amide bonds. The Morgan fingerprint density at radius 3 is 1.92 bits per heavy atom. The van der Waals surface area contributed by atoms with Gasteiger partial charge in [0, 0.05) is 12.6 Å². The molecule has 5 heteroatoms. The first-order valence-corrected chi connectivity index (χ1v) is 8.41. The molecule has 1 atom stereocenters. The lowest BCUT2D eigenvalue weighted by Crippen LogP contribution is -2.43. The Hall–Kier alpha value is -3.31. The average molecular weight is 347 g/mol. The van der Waals surface area contributed by atoms with Crippen molar-refractivity contribution in [3.8, 4) is 17.9 Å². The van der Waals surface area contributed by atoms with Crippen molar-refractivity contribution in [2.24, 2.45) is 0 Å². The van der Waals surface area contributed by atoms with Crippen molar-refractivity contribution in [2.45, 2.75) is 39.5 Å². The van der Waals surface area contributed by atoms with Crippen LogP contribution in [0.25, 0.3) is 0 Å². The Balaban J connectivity index is 2.08. The highest BCUT2D eigenvalue weighted by Gasteiger charge is 2.24. The van der Waals surface area contributed by atoms with E-state index in [1.54, 1.807) is 48.2 Å². The summed E-state index contributed by atoms with van der Waals surface area (Å²) in [6.07, 6.45) is -0.649. The summed E-state index contributed by atoms with van der Waals surface area (Å²) in [4.78, 5) is 14.6. The second kappa shape index (κ2) is 8.69. The number of nitrogens with zero attached hydrogens (tertiary/aromatic N) is 3. The van der Waals surface area contributed by atoms with E-state index < -0.39 is 6.10 Å². The molecule has 0 aliphatic rings. The molecule has 0 aliphatic carbocycles. The van der Waals surface area contributed by atoms with Crippen molar-refractivity contribution in [1.82, 2.24) is 4.90 Å². The van der Waals surface area contributed by atoms with E-state index >= 15 is 0 Å². The largest absolute Gasteiger partial charge is 0.481 e. The highest BCUT2D eigenvalue weighted by molar-refractivity contribution is 5.81. The number of carbonyl (C=O) groups excluding carboxylic acids is 1. The molecule has 0 radical (unpaired) electrons. The molecule has 0 saturated heterocycles. The maximum Gasteiger partial charge on any atom is 0.263 e. The molecule has 1 unspecified atom stereocenters. The van der Waals surface area contributed by atoms with Gasteiger partial charge in [-0.15, -0.1) is 0 Å². The molecule has 2 aromatic rings. The van der Waals surface area contributed by atoms with Crippen molar-refractivity contribution in [2.75, 3.05) is 0 Å². The molecule has 0 bridgehead atoms. The third kappa shape index (κ3) is 4.84. The summed E-state index contributed by atoms with van der Waals surface area (Å²) in [5.74, 6) is 0.431. The third-order valence-electron chi connectivity index (χ3n) is 3.99. The normalized spacial score (nSPS) is 11.3. The van der Waals surface area contributed by atoms with Crippen LogP contribution in [0.4, 0.5) is 0 Å². The Morgan fingerprint density at radius 2 is 1.46 bits per heavy atom. The van der Waals surface area contributed by atoms with Crippen molar-refractivity contribution in [3.05, 3.63) is 65.2 Å². The molecule has 5 nitrogen and oxygen atoms in total. The smallest absolute Gasteiger partial charge is 0.263 e. The van der Waals surface area contributed by atoms with Crippen LogP contribution in [0.2, 0.25) is 0 Å². The summed E-state index contributed by atoms with van der Waals surface area (Å²) >= 11 is 0. The lowest BCUT2D eigenvalue weighted by atomic mass is 10.1. The molecule has 0 fully saturated rings. The highest BCUT2D eigenvalue weighted by Crippen LogP contribution is 2.17. The highest BCUT2D eigenvalue weighted by atomic mass is 16.5. The lowest BCUT2D eigenvalue weighted by Gasteiger charge is -2.29. The Labute approximate surface area is 154 Å². The van der Waals surface area contributed by atoms with Gasteiger partial charge in [0.1, 0.15) is 5.75 Å². The number of amides is 1. The summed E-state index contributed by atoms with van der Waals surface area (Å²) in [7, 11) is 0. The number of benzene rings is 2. The zero-order chi connectivity index (χ0) is 19.1. The summed E-state index contributed by atoms with van der Waals surface area (Å²) in [6.45, 7) is 6.07. The van der Waals surface area contributed by atoms with E-state index in [0.29, 0.717) is 23.4 Å². The summed E-state index contributed by atoms with van der Waals surface area (Å²) < 4.78 is 5.74. The minimum absolute atomic E-state index is 0.00478. The molecule has 0 spiro atoms. The van der Waals surface area contributed by atoms with Crippen LogP contribution in [-0.4, -0.2) is 23.0 Å². The maximum atomic E-state index is 12.8. The van der Waals surface area contributed by atoms with Crippen molar-refractivity contribution >= 4 is 5.91 Å². The quantitative estimate of drug-likeness (QED) is 0.799. The van der Waals surface area contributed by atoms with Crippen LogP contribution in [0.5, 0.6) is 5.75 Å². The molecule has 0 aromatic heterocycles. The van der Waals surface area contributed by atoms with Gasteiger partial charge in [0.05, 0.1) is 23.3 Å². The van der Waals surface area contributed by atoms with Gasteiger partial charge in [0.2, 0.25) is 0 Å². The molecular weight excluding hydrogens is 326 g/mol.